The van der Waals surface area contributed by atoms with Crippen molar-refractivity contribution in [3.63, 3.8) is 0 Å². The van der Waals surface area contributed by atoms with E-state index < -0.39 is 12.1 Å². The standard InChI is InChI=1S/C8H15N9O3/c1-3(2)20-8-14-6(16(11)4(9)18)13-7(15-8)17(12)5(10)19/h3H,11-12H2,1-2H3,(H2,9,18)(H2,10,19). The molecule has 110 valence electrons. The zero-order valence-electron chi connectivity index (χ0n) is 10.8. The van der Waals surface area contributed by atoms with E-state index in [0.717, 1.165) is 0 Å². The molecule has 20 heavy (non-hydrogen) atoms. The van der Waals surface area contributed by atoms with Gasteiger partial charge < -0.3 is 16.2 Å². The highest BCUT2D eigenvalue weighted by atomic mass is 16.5. The second-order valence-electron chi connectivity index (χ2n) is 3.80. The number of hydrazine groups is 2. The second kappa shape index (κ2) is 5.94. The summed E-state index contributed by atoms with van der Waals surface area (Å²) in [5, 5.41) is 0.875. The number of primary amides is 2. The quantitative estimate of drug-likeness (QED) is 0.282. The Morgan fingerprint density at radius 1 is 1.00 bits per heavy atom. The highest BCUT2D eigenvalue weighted by Crippen LogP contribution is 2.15. The van der Waals surface area contributed by atoms with Crippen LogP contribution >= 0.6 is 0 Å². The van der Waals surface area contributed by atoms with E-state index in [1.807, 2.05) is 0 Å². The Morgan fingerprint density at radius 2 is 1.40 bits per heavy atom. The van der Waals surface area contributed by atoms with Crippen LogP contribution in [0.5, 0.6) is 6.01 Å². The number of aromatic nitrogens is 3. The van der Waals surface area contributed by atoms with E-state index in [9.17, 15) is 9.59 Å². The van der Waals surface area contributed by atoms with E-state index in [0.29, 0.717) is 10.0 Å². The number of amides is 4. The van der Waals surface area contributed by atoms with Crippen LogP contribution in [0.1, 0.15) is 13.8 Å². The average Bonchev–Trinajstić information content (AvgIpc) is 2.35. The number of rotatable bonds is 4. The number of carbonyl (C=O) groups excluding carboxylic acids is 2. The molecule has 0 saturated heterocycles. The summed E-state index contributed by atoms with van der Waals surface area (Å²) in [6.07, 6.45) is -0.280. The van der Waals surface area contributed by atoms with Crippen LogP contribution in [0, 0.1) is 0 Å². The minimum Gasteiger partial charge on any atom is -0.461 e. The molecule has 0 atom stereocenters. The molecule has 1 aromatic rings. The number of hydrogen-bond acceptors (Lipinski definition) is 8. The highest BCUT2D eigenvalue weighted by molar-refractivity contribution is 5.89. The Hall–Kier alpha value is -2.73. The van der Waals surface area contributed by atoms with Crippen molar-refractivity contribution in [2.75, 3.05) is 10.0 Å². The van der Waals surface area contributed by atoms with Gasteiger partial charge in [-0.1, -0.05) is 0 Å². The van der Waals surface area contributed by atoms with Crippen LogP contribution in [0.25, 0.3) is 0 Å². The first kappa shape index (κ1) is 15.3. The Balaban J connectivity index is 3.27. The molecule has 8 N–H and O–H groups in total. The Labute approximate surface area is 113 Å². The van der Waals surface area contributed by atoms with Crippen molar-refractivity contribution in [1.82, 2.24) is 15.0 Å². The first-order valence-electron chi connectivity index (χ1n) is 5.33. The maximum absolute atomic E-state index is 11.0. The third-order valence-electron chi connectivity index (χ3n) is 1.84. The number of urea groups is 2. The summed E-state index contributed by atoms with van der Waals surface area (Å²) in [5.74, 6) is 10.0. The molecule has 1 aromatic heterocycles. The lowest BCUT2D eigenvalue weighted by Gasteiger charge is -2.17. The van der Waals surface area contributed by atoms with Gasteiger partial charge in [0.05, 0.1) is 6.10 Å². The number of ether oxygens (including phenoxy) is 1. The summed E-state index contributed by atoms with van der Waals surface area (Å²) in [5.41, 5.74) is 9.98. The van der Waals surface area contributed by atoms with Gasteiger partial charge in [0.25, 0.3) is 11.9 Å². The summed E-state index contributed by atoms with van der Waals surface area (Å²) in [6, 6.07) is -2.26. The van der Waals surface area contributed by atoms with Gasteiger partial charge in [0.1, 0.15) is 0 Å². The summed E-state index contributed by atoms with van der Waals surface area (Å²) < 4.78 is 5.22. The maximum atomic E-state index is 11.0. The molecule has 0 aliphatic carbocycles. The van der Waals surface area contributed by atoms with Crippen LogP contribution in [0.2, 0.25) is 0 Å². The molecule has 12 nitrogen and oxygen atoms in total. The molecule has 0 unspecified atom stereocenters. The molecular formula is C8H15N9O3. The predicted molar refractivity (Wildman–Crippen MR) is 68.1 cm³/mol. The normalized spacial score (nSPS) is 10.2. The van der Waals surface area contributed by atoms with Crippen molar-refractivity contribution in [1.29, 1.82) is 0 Å². The zero-order valence-corrected chi connectivity index (χ0v) is 10.8. The molecule has 1 heterocycles. The predicted octanol–water partition coefficient (Wildman–Crippen LogP) is -1.82. The van der Waals surface area contributed by atoms with E-state index in [2.05, 4.69) is 15.0 Å². The van der Waals surface area contributed by atoms with Crippen LogP contribution in [-0.2, 0) is 0 Å². The average molecular weight is 285 g/mol. The minimum absolute atomic E-state index is 0.201. The zero-order chi connectivity index (χ0) is 15.4. The van der Waals surface area contributed by atoms with Crippen molar-refractivity contribution >= 4 is 24.0 Å². The van der Waals surface area contributed by atoms with E-state index in [1.165, 1.54) is 0 Å². The first-order chi connectivity index (χ1) is 9.22. The third-order valence-corrected chi connectivity index (χ3v) is 1.84. The summed E-state index contributed by atoms with van der Waals surface area (Å²) >= 11 is 0. The lowest BCUT2D eigenvalue weighted by molar-refractivity contribution is 0.221. The number of nitrogens with zero attached hydrogens (tertiary/aromatic N) is 5. The van der Waals surface area contributed by atoms with Gasteiger partial charge in [-0.2, -0.15) is 25.0 Å². The van der Waals surface area contributed by atoms with Gasteiger partial charge >= 0.3 is 18.1 Å². The lowest BCUT2D eigenvalue weighted by Crippen LogP contribution is -2.45. The van der Waals surface area contributed by atoms with Crippen molar-refractivity contribution in [2.45, 2.75) is 20.0 Å². The van der Waals surface area contributed by atoms with E-state index in [1.54, 1.807) is 13.8 Å². The molecule has 0 saturated carbocycles. The monoisotopic (exact) mass is 285 g/mol. The molecule has 0 aromatic carbocycles. The lowest BCUT2D eigenvalue weighted by atomic mass is 10.5. The van der Waals surface area contributed by atoms with Gasteiger partial charge in [0, 0.05) is 0 Å². The molecule has 1 rings (SSSR count). The molecule has 12 heteroatoms. The first-order valence-corrected chi connectivity index (χ1v) is 5.33. The minimum atomic E-state index is -1.03. The number of anilines is 2. The fourth-order valence-electron chi connectivity index (χ4n) is 1.01. The van der Waals surface area contributed by atoms with Crippen molar-refractivity contribution in [3.8, 4) is 6.01 Å². The van der Waals surface area contributed by atoms with Crippen molar-refractivity contribution in [3.05, 3.63) is 0 Å². The van der Waals surface area contributed by atoms with Gasteiger partial charge in [0.2, 0.25) is 0 Å². The summed E-state index contributed by atoms with van der Waals surface area (Å²) in [7, 11) is 0. The number of hydrogen-bond donors (Lipinski definition) is 4. The van der Waals surface area contributed by atoms with Crippen LogP contribution < -0.4 is 37.9 Å². The molecule has 0 bridgehead atoms. The summed E-state index contributed by atoms with van der Waals surface area (Å²) in [6.45, 7) is 3.43. The molecule has 0 fully saturated rings. The summed E-state index contributed by atoms with van der Waals surface area (Å²) in [4.78, 5) is 33.2. The van der Waals surface area contributed by atoms with E-state index in [-0.39, 0.29) is 24.0 Å². The van der Waals surface area contributed by atoms with Gasteiger partial charge in [0.15, 0.2) is 0 Å². The van der Waals surface area contributed by atoms with E-state index >= 15 is 0 Å². The second-order valence-corrected chi connectivity index (χ2v) is 3.80. The van der Waals surface area contributed by atoms with Crippen molar-refractivity contribution in [2.24, 2.45) is 23.2 Å². The molecule has 0 radical (unpaired) electrons. The molecule has 0 spiro atoms. The van der Waals surface area contributed by atoms with Gasteiger partial charge in [-0.25, -0.2) is 21.3 Å². The van der Waals surface area contributed by atoms with Gasteiger partial charge in [-0.15, -0.1) is 0 Å². The van der Waals surface area contributed by atoms with Crippen LogP contribution in [-0.4, -0.2) is 33.1 Å². The highest BCUT2D eigenvalue weighted by Gasteiger charge is 2.20. The Bertz CT molecular complexity index is 482. The molecule has 0 aliphatic heterocycles. The fraction of sp³-hybridized carbons (Fsp3) is 0.375. The largest absolute Gasteiger partial charge is 0.461 e. The van der Waals surface area contributed by atoms with Crippen LogP contribution in [0.4, 0.5) is 21.5 Å². The SMILES string of the molecule is CC(C)Oc1nc(N(N)C(N)=O)nc(N(N)C(N)=O)n1. The number of nitrogens with two attached hydrogens (primary N) is 4. The smallest absolute Gasteiger partial charge is 0.336 e. The molecule has 0 aliphatic rings. The van der Waals surface area contributed by atoms with Crippen LogP contribution in [0.15, 0.2) is 0 Å². The van der Waals surface area contributed by atoms with Gasteiger partial charge in [-0.3, -0.25) is 0 Å². The topological polar surface area (TPSA) is 193 Å². The fourth-order valence-corrected chi connectivity index (χ4v) is 1.01. The molecule has 4 amide bonds. The maximum Gasteiger partial charge on any atom is 0.336 e. The Kier molecular flexibility index (Phi) is 4.55. The van der Waals surface area contributed by atoms with Crippen LogP contribution in [0.3, 0.4) is 0 Å². The Morgan fingerprint density at radius 3 is 1.70 bits per heavy atom. The van der Waals surface area contributed by atoms with Gasteiger partial charge in [-0.05, 0) is 13.8 Å². The van der Waals surface area contributed by atoms with E-state index in [4.69, 9.17) is 27.9 Å². The molecular weight excluding hydrogens is 270 g/mol. The van der Waals surface area contributed by atoms with Crippen molar-refractivity contribution < 1.29 is 14.3 Å². The third kappa shape index (κ3) is 3.63. The number of carbonyl (C=O) groups is 2.